The monoisotopic (exact) mass is 274 g/mol. The fourth-order valence-corrected chi connectivity index (χ4v) is 4.45. The molecule has 4 nitrogen and oxygen atoms in total. The molecule has 4 heteroatoms. The Morgan fingerprint density at radius 2 is 2.15 bits per heavy atom. The summed E-state index contributed by atoms with van der Waals surface area (Å²) in [5.74, 6) is -0.201. The van der Waals surface area contributed by atoms with E-state index in [1.807, 2.05) is 13.0 Å². The van der Waals surface area contributed by atoms with Gasteiger partial charge in [-0.15, -0.1) is 0 Å². The topological polar surface area (TPSA) is 60.4 Å². The van der Waals surface area contributed by atoms with E-state index in [0.717, 1.165) is 24.6 Å². The van der Waals surface area contributed by atoms with Crippen molar-refractivity contribution in [2.45, 2.75) is 26.7 Å². The molecule has 0 unspecified atom stereocenters. The van der Waals surface area contributed by atoms with Crippen LogP contribution in [-0.4, -0.2) is 25.7 Å². The molecule has 1 fully saturated rings. The Balaban J connectivity index is 2.10. The molecular formula is C16H18O4. The van der Waals surface area contributed by atoms with E-state index in [1.165, 1.54) is 7.11 Å². The fraction of sp³-hybridized carbons (Fsp3) is 0.562. The van der Waals surface area contributed by atoms with Gasteiger partial charge < -0.3 is 9.53 Å². The van der Waals surface area contributed by atoms with E-state index in [4.69, 9.17) is 4.74 Å². The summed E-state index contributed by atoms with van der Waals surface area (Å²) in [6.07, 6.45) is 5.03. The van der Waals surface area contributed by atoms with Crippen molar-refractivity contribution >= 4 is 18.5 Å². The number of aldehydes is 2. The van der Waals surface area contributed by atoms with Crippen LogP contribution in [0.1, 0.15) is 26.7 Å². The number of fused-ring (bicyclic) bond motifs is 3. The molecule has 0 amide bonds. The maximum absolute atomic E-state index is 12.0. The number of hydrogen-bond acceptors (Lipinski definition) is 4. The Bertz CT molecular complexity index is 585. The van der Waals surface area contributed by atoms with Crippen LogP contribution in [-0.2, 0) is 19.1 Å². The molecule has 106 valence electrons. The number of ether oxygens (including phenoxy) is 1. The van der Waals surface area contributed by atoms with Crippen molar-refractivity contribution in [2.24, 2.45) is 22.7 Å². The predicted molar refractivity (Wildman–Crippen MR) is 71.7 cm³/mol. The molecule has 0 aromatic rings. The highest BCUT2D eigenvalue weighted by Gasteiger charge is 2.73. The summed E-state index contributed by atoms with van der Waals surface area (Å²) in [7, 11) is 1.37. The van der Waals surface area contributed by atoms with Gasteiger partial charge in [-0.3, -0.25) is 4.79 Å². The van der Waals surface area contributed by atoms with E-state index < -0.39 is 5.41 Å². The standard InChI is InChI=1S/C16H18O4/c1-9-4-12-11(13(9)14(19)20-3)5-10(6-17)16(8-18)7-15(12,16)2/h5-6,8,11-12H,4,7H2,1-3H3/t11-,12-,15+,16+/m0/s1. The number of rotatable bonds is 3. The first-order chi connectivity index (χ1) is 9.45. The number of allylic oxidation sites excluding steroid dienone is 3. The minimum atomic E-state index is -0.623. The average Bonchev–Trinajstić information content (AvgIpc) is 2.95. The van der Waals surface area contributed by atoms with Gasteiger partial charge >= 0.3 is 5.97 Å². The van der Waals surface area contributed by atoms with Crippen LogP contribution in [0.25, 0.3) is 0 Å². The lowest BCUT2D eigenvalue weighted by Gasteiger charge is -2.34. The normalized spacial score (nSPS) is 41.5. The third-order valence-corrected chi connectivity index (χ3v) is 5.72. The number of hydrogen-bond donors (Lipinski definition) is 0. The minimum Gasteiger partial charge on any atom is -0.466 e. The van der Waals surface area contributed by atoms with E-state index in [9.17, 15) is 14.4 Å². The van der Waals surface area contributed by atoms with Gasteiger partial charge in [0.2, 0.25) is 0 Å². The highest BCUT2D eigenvalue weighted by atomic mass is 16.5. The summed E-state index contributed by atoms with van der Waals surface area (Å²) in [5, 5.41) is 0. The summed E-state index contributed by atoms with van der Waals surface area (Å²) in [6, 6.07) is 0. The summed E-state index contributed by atoms with van der Waals surface area (Å²) in [4.78, 5) is 34.9. The van der Waals surface area contributed by atoms with E-state index >= 15 is 0 Å². The van der Waals surface area contributed by atoms with E-state index in [1.54, 1.807) is 0 Å². The van der Waals surface area contributed by atoms with E-state index in [0.29, 0.717) is 17.6 Å². The van der Waals surface area contributed by atoms with Crippen molar-refractivity contribution < 1.29 is 19.1 Å². The number of methoxy groups -OCH3 is 1. The second kappa shape index (κ2) is 3.90. The lowest BCUT2D eigenvalue weighted by atomic mass is 9.68. The zero-order valence-electron chi connectivity index (χ0n) is 11.9. The van der Waals surface area contributed by atoms with Crippen LogP contribution in [0, 0.1) is 22.7 Å². The van der Waals surface area contributed by atoms with Crippen LogP contribution < -0.4 is 0 Å². The van der Waals surface area contributed by atoms with Gasteiger partial charge in [-0.1, -0.05) is 18.6 Å². The second-order valence-corrected chi connectivity index (χ2v) is 6.45. The summed E-state index contributed by atoms with van der Waals surface area (Å²) < 4.78 is 4.87. The molecule has 4 atom stereocenters. The molecular weight excluding hydrogens is 256 g/mol. The second-order valence-electron chi connectivity index (χ2n) is 6.45. The highest BCUT2D eigenvalue weighted by molar-refractivity contribution is 5.94. The van der Waals surface area contributed by atoms with E-state index in [2.05, 4.69) is 6.92 Å². The summed E-state index contributed by atoms with van der Waals surface area (Å²) >= 11 is 0. The molecule has 3 aliphatic carbocycles. The van der Waals surface area contributed by atoms with Gasteiger partial charge in [0.05, 0.1) is 12.5 Å². The quantitative estimate of drug-likeness (QED) is 0.582. The summed E-state index contributed by atoms with van der Waals surface area (Å²) in [6.45, 7) is 4.00. The lowest BCUT2D eigenvalue weighted by molar-refractivity contribution is -0.136. The van der Waals surface area contributed by atoms with Crippen molar-refractivity contribution in [1.82, 2.24) is 0 Å². The molecule has 3 rings (SSSR count). The van der Waals surface area contributed by atoms with Gasteiger partial charge in [0.15, 0.2) is 0 Å². The molecule has 0 aromatic heterocycles. The third-order valence-electron chi connectivity index (χ3n) is 5.72. The predicted octanol–water partition coefficient (Wildman–Crippen LogP) is 1.85. The molecule has 3 aliphatic rings. The SMILES string of the molecule is COC(=O)C1=C(C)C[C@H]2[C@@H]1C=C(C=O)[C@]1(C=O)C[C@]21C. The van der Waals surface area contributed by atoms with E-state index in [-0.39, 0.29) is 23.2 Å². The highest BCUT2D eigenvalue weighted by Crippen LogP contribution is 2.75. The Morgan fingerprint density at radius 1 is 1.45 bits per heavy atom. The Labute approximate surface area is 117 Å². The van der Waals surface area contributed by atoms with Crippen LogP contribution in [0.2, 0.25) is 0 Å². The van der Waals surface area contributed by atoms with Crippen molar-refractivity contribution in [3.05, 3.63) is 22.8 Å². The van der Waals surface area contributed by atoms with Gasteiger partial charge in [-0.25, -0.2) is 4.79 Å². The van der Waals surface area contributed by atoms with Gasteiger partial charge in [-0.05, 0) is 31.1 Å². The van der Waals surface area contributed by atoms with Crippen LogP contribution in [0.4, 0.5) is 0 Å². The maximum Gasteiger partial charge on any atom is 0.334 e. The van der Waals surface area contributed by atoms with Crippen molar-refractivity contribution in [1.29, 1.82) is 0 Å². The van der Waals surface area contributed by atoms with Crippen molar-refractivity contribution in [3.8, 4) is 0 Å². The Morgan fingerprint density at radius 3 is 2.70 bits per heavy atom. The molecule has 0 bridgehead atoms. The third kappa shape index (κ3) is 1.29. The molecule has 0 aromatic carbocycles. The van der Waals surface area contributed by atoms with Gasteiger partial charge in [0, 0.05) is 17.1 Å². The van der Waals surface area contributed by atoms with Crippen LogP contribution in [0.5, 0.6) is 0 Å². The van der Waals surface area contributed by atoms with Crippen molar-refractivity contribution in [3.63, 3.8) is 0 Å². The largest absolute Gasteiger partial charge is 0.466 e. The molecule has 0 spiro atoms. The Hall–Kier alpha value is -1.71. The molecule has 0 radical (unpaired) electrons. The minimum absolute atomic E-state index is 0.0942. The maximum atomic E-state index is 12.0. The van der Waals surface area contributed by atoms with Gasteiger partial charge in [0.1, 0.15) is 12.6 Å². The molecule has 20 heavy (non-hydrogen) atoms. The number of carbonyl (C=O) groups excluding carboxylic acids is 3. The zero-order chi connectivity index (χ0) is 14.7. The van der Waals surface area contributed by atoms with Gasteiger partial charge in [0.25, 0.3) is 0 Å². The van der Waals surface area contributed by atoms with Crippen LogP contribution in [0.3, 0.4) is 0 Å². The zero-order valence-corrected chi connectivity index (χ0v) is 11.9. The number of esters is 1. The first-order valence-corrected chi connectivity index (χ1v) is 6.87. The first-order valence-electron chi connectivity index (χ1n) is 6.87. The van der Waals surface area contributed by atoms with Gasteiger partial charge in [-0.2, -0.15) is 0 Å². The first kappa shape index (κ1) is 13.3. The summed E-state index contributed by atoms with van der Waals surface area (Å²) in [5.41, 5.74) is 1.39. The smallest absolute Gasteiger partial charge is 0.334 e. The van der Waals surface area contributed by atoms with Crippen LogP contribution in [0.15, 0.2) is 22.8 Å². The lowest BCUT2D eigenvalue weighted by Crippen LogP contribution is -2.33. The fourth-order valence-electron chi connectivity index (χ4n) is 4.45. The van der Waals surface area contributed by atoms with Crippen LogP contribution >= 0.6 is 0 Å². The molecule has 0 aliphatic heterocycles. The molecule has 1 saturated carbocycles. The molecule has 0 N–H and O–H groups in total. The van der Waals surface area contributed by atoms with Crippen molar-refractivity contribution in [2.75, 3.05) is 7.11 Å². The average molecular weight is 274 g/mol. The Kier molecular flexibility index (Phi) is 2.59. The molecule has 0 heterocycles. The molecule has 0 saturated heterocycles. The number of carbonyl (C=O) groups is 3.